The van der Waals surface area contributed by atoms with E-state index in [0.717, 1.165) is 0 Å². The third kappa shape index (κ3) is 4.24. The second-order valence-electron chi connectivity index (χ2n) is 5.84. The number of benzene rings is 1. The molecule has 1 aromatic carbocycles. The second kappa shape index (κ2) is 7.63. The number of rotatable bonds is 5. The number of aliphatic hydroxyl groups is 1. The molecule has 1 aliphatic heterocycles. The van der Waals surface area contributed by atoms with Crippen molar-refractivity contribution in [2.75, 3.05) is 6.54 Å². The van der Waals surface area contributed by atoms with Gasteiger partial charge in [-0.2, -0.15) is 0 Å². The SMILES string of the molecule is CC(=O)N1C[C@H](O)C[C@H]1C(=O)N[C@H](Cc1ccccc1Cl)C(N)=O. The predicted octanol–water partition coefficient (Wildman–Crippen LogP) is -0.166. The van der Waals surface area contributed by atoms with Crippen molar-refractivity contribution in [1.82, 2.24) is 10.2 Å². The Bertz CT molecular complexity index is 652. The normalized spacial score (nSPS) is 21.4. The van der Waals surface area contributed by atoms with E-state index in [2.05, 4.69) is 5.32 Å². The molecule has 24 heavy (non-hydrogen) atoms. The fourth-order valence-electron chi connectivity index (χ4n) is 2.78. The number of primary amides is 1. The summed E-state index contributed by atoms with van der Waals surface area (Å²) in [5.74, 6) is -1.53. The average molecular weight is 354 g/mol. The summed E-state index contributed by atoms with van der Waals surface area (Å²) in [6.45, 7) is 1.42. The number of hydrogen-bond acceptors (Lipinski definition) is 4. The lowest BCUT2D eigenvalue weighted by molar-refractivity contribution is -0.138. The van der Waals surface area contributed by atoms with Crippen LogP contribution in [0.1, 0.15) is 18.9 Å². The number of hydrogen-bond donors (Lipinski definition) is 3. The molecule has 3 amide bonds. The van der Waals surface area contributed by atoms with Gasteiger partial charge < -0.3 is 21.1 Å². The van der Waals surface area contributed by atoms with Crippen LogP contribution in [0, 0.1) is 0 Å². The van der Waals surface area contributed by atoms with Crippen molar-refractivity contribution in [2.45, 2.75) is 38.0 Å². The lowest BCUT2D eigenvalue weighted by Gasteiger charge is -2.24. The first-order valence-corrected chi connectivity index (χ1v) is 7.95. The van der Waals surface area contributed by atoms with E-state index in [1.54, 1.807) is 24.3 Å². The topological polar surface area (TPSA) is 113 Å². The molecule has 7 nitrogen and oxygen atoms in total. The summed E-state index contributed by atoms with van der Waals surface area (Å²) in [7, 11) is 0. The van der Waals surface area contributed by atoms with Crippen LogP contribution < -0.4 is 11.1 Å². The highest BCUT2D eigenvalue weighted by Crippen LogP contribution is 2.20. The van der Waals surface area contributed by atoms with Crippen LogP contribution in [0.3, 0.4) is 0 Å². The van der Waals surface area contributed by atoms with Crippen LogP contribution in [-0.4, -0.2) is 52.5 Å². The van der Waals surface area contributed by atoms with Gasteiger partial charge in [0.1, 0.15) is 12.1 Å². The molecule has 1 aromatic rings. The Morgan fingerprint density at radius 3 is 2.67 bits per heavy atom. The Morgan fingerprint density at radius 1 is 1.42 bits per heavy atom. The van der Waals surface area contributed by atoms with Gasteiger partial charge in [0.15, 0.2) is 0 Å². The number of carbonyl (C=O) groups is 3. The van der Waals surface area contributed by atoms with Crippen molar-refractivity contribution in [2.24, 2.45) is 5.73 Å². The largest absolute Gasteiger partial charge is 0.391 e. The van der Waals surface area contributed by atoms with E-state index < -0.39 is 30.0 Å². The molecule has 0 aromatic heterocycles. The zero-order chi connectivity index (χ0) is 17.9. The van der Waals surface area contributed by atoms with Gasteiger partial charge in [-0.15, -0.1) is 0 Å². The van der Waals surface area contributed by atoms with E-state index in [-0.39, 0.29) is 25.3 Å². The number of nitrogens with zero attached hydrogens (tertiary/aromatic N) is 1. The van der Waals surface area contributed by atoms with Gasteiger partial charge in [-0.3, -0.25) is 14.4 Å². The number of halogens is 1. The molecule has 1 aliphatic rings. The third-order valence-corrected chi connectivity index (χ3v) is 4.40. The third-order valence-electron chi connectivity index (χ3n) is 4.03. The van der Waals surface area contributed by atoms with E-state index in [1.807, 2.05) is 0 Å². The summed E-state index contributed by atoms with van der Waals surface area (Å²) >= 11 is 6.07. The summed E-state index contributed by atoms with van der Waals surface area (Å²) < 4.78 is 0. The quantitative estimate of drug-likeness (QED) is 0.682. The molecule has 3 atom stereocenters. The Labute approximate surface area is 144 Å². The van der Waals surface area contributed by atoms with Crippen LogP contribution in [0.25, 0.3) is 0 Å². The number of carbonyl (C=O) groups excluding carboxylic acids is 3. The Kier molecular flexibility index (Phi) is 5.80. The van der Waals surface area contributed by atoms with Gasteiger partial charge in [0.25, 0.3) is 0 Å². The van der Waals surface area contributed by atoms with Crippen LogP contribution in [0.15, 0.2) is 24.3 Å². The Morgan fingerprint density at radius 2 is 2.08 bits per heavy atom. The number of nitrogens with two attached hydrogens (primary N) is 1. The lowest BCUT2D eigenvalue weighted by Crippen LogP contribution is -2.52. The van der Waals surface area contributed by atoms with Crippen LogP contribution >= 0.6 is 11.6 Å². The molecular formula is C16H20ClN3O4. The number of likely N-dealkylation sites (tertiary alicyclic amines) is 1. The van der Waals surface area contributed by atoms with Crippen molar-refractivity contribution in [1.29, 1.82) is 0 Å². The Balaban J connectivity index is 2.10. The highest BCUT2D eigenvalue weighted by molar-refractivity contribution is 6.31. The molecule has 2 rings (SSSR count). The second-order valence-corrected chi connectivity index (χ2v) is 6.24. The van der Waals surface area contributed by atoms with Gasteiger partial charge in [0.05, 0.1) is 6.10 Å². The summed E-state index contributed by atoms with van der Waals surface area (Å²) in [6.07, 6.45) is -0.487. The van der Waals surface area contributed by atoms with Gasteiger partial charge in [0, 0.05) is 31.3 Å². The van der Waals surface area contributed by atoms with Gasteiger partial charge in [-0.1, -0.05) is 29.8 Å². The van der Waals surface area contributed by atoms with Crippen molar-refractivity contribution in [3.8, 4) is 0 Å². The molecule has 130 valence electrons. The van der Waals surface area contributed by atoms with Gasteiger partial charge in [-0.25, -0.2) is 0 Å². The van der Waals surface area contributed by atoms with E-state index in [4.69, 9.17) is 17.3 Å². The standard InChI is InChI=1S/C16H20ClN3O4/c1-9(21)20-8-11(22)7-14(20)16(24)19-13(15(18)23)6-10-4-2-3-5-12(10)17/h2-5,11,13-14,22H,6-8H2,1H3,(H2,18,23)(H,19,24)/t11-,13-,14+/m1/s1. The fraction of sp³-hybridized carbons (Fsp3) is 0.438. The van der Waals surface area contributed by atoms with Gasteiger partial charge in [0.2, 0.25) is 17.7 Å². The van der Waals surface area contributed by atoms with E-state index in [9.17, 15) is 19.5 Å². The first kappa shape index (κ1) is 18.2. The van der Waals surface area contributed by atoms with E-state index in [0.29, 0.717) is 10.6 Å². The maximum absolute atomic E-state index is 12.4. The Hall–Kier alpha value is -2.12. The molecule has 1 fully saturated rings. The monoisotopic (exact) mass is 353 g/mol. The molecule has 1 saturated heterocycles. The molecule has 0 saturated carbocycles. The lowest BCUT2D eigenvalue weighted by atomic mass is 10.0. The molecule has 8 heteroatoms. The number of nitrogens with one attached hydrogen (secondary N) is 1. The molecule has 0 aliphatic carbocycles. The molecule has 0 bridgehead atoms. The fourth-order valence-corrected chi connectivity index (χ4v) is 3.00. The molecular weight excluding hydrogens is 334 g/mol. The first-order chi connectivity index (χ1) is 11.3. The summed E-state index contributed by atoms with van der Waals surface area (Å²) in [5.41, 5.74) is 6.06. The van der Waals surface area contributed by atoms with Gasteiger partial charge in [-0.05, 0) is 11.6 Å². The average Bonchev–Trinajstić information content (AvgIpc) is 2.91. The minimum Gasteiger partial charge on any atom is -0.391 e. The zero-order valence-electron chi connectivity index (χ0n) is 13.2. The van der Waals surface area contributed by atoms with E-state index >= 15 is 0 Å². The van der Waals surface area contributed by atoms with Crippen LogP contribution in [0.2, 0.25) is 5.02 Å². The summed E-state index contributed by atoms with van der Waals surface area (Å²) in [4.78, 5) is 37.0. The van der Waals surface area contributed by atoms with Crippen molar-refractivity contribution in [3.05, 3.63) is 34.9 Å². The predicted molar refractivity (Wildman–Crippen MR) is 88.1 cm³/mol. The number of β-amino-alcohol motifs (C(OH)–C–C–N with tert-alkyl or cyclic N) is 1. The van der Waals surface area contributed by atoms with Crippen molar-refractivity contribution < 1.29 is 19.5 Å². The zero-order valence-corrected chi connectivity index (χ0v) is 14.0. The summed E-state index contributed by atoms with van der Waals surface area (Å²) in [6, 6.07) is 5.18. The van der Waals surface area contributed by atoms with Crippen molar-refractivity contribution in [3.63, 3.8) is 0 Å². The maximum Gasteiger partial charge on any atom is 0.243 e. The number of aliphatic hydroxyl groups excluding tert-OH is 1. The smallest absolute Gasteiger partial charge is 0.243 e. The minimum atomic E-state index is -0.955. The molecule has 0 spiro atoms. The van der Waals surface area contributed by atoms with Crippen molar-refractivity contribution >= 4 is 29.3 Å². The minimum absolute atomic E-state index is 0.0964. The molecule has 1 heterocycles. The molecule has 4 N–H and O–H groups in total. The van der Waals surface area contributed by atoms with E-state index in [1.165, 1.54) is 11.8 Å². The molecule has 0 unspecified atom stereocenters. The van der Waals surface area contributed by atoms with Gasteiger partial charge >= 0.3 is 0 Å². The van der Waals surface area contributed by atoms with Crippen LogP contribution in [0.5, 0.6) is 0 Å². The maximum atomic E-state index is 12.4. The highest BCUT2D eigenvalue weighted by atomic mass is 35.5. The first-order valence-electron chi connectivity index (χ1n) is 7.58. The summed E-state index contributed by atoms with van der Waals surface area (Å²) in [5, 5.41) is 12.7. The number of amides is 3. The highest BCUT2D eigenvalue weighted by Gasteiger charge is 2.38. The molecule has 0 radical (unpaired) electrons. The van der Waals surface area contributed by atoms with Crippen LogP contribution in [0.4, 0.5) is 0 Å². The van der Waals surface area contributed by atoms with Crippen LogP contribution in [-0.2, 0) is 20.8 Å².